The maximum absolute atomic E-state index is 4.49. The van der Waals surface area contributed by atoms with Crippen molar-refractivity contribution in [1.29, 1.82) is 0 Å². The molecule has 0 aliphatic heterocycles. The molecule has 4 nitrogen and oxygen atoms in total. The molecule has 1 N–H and O–H groups in total. The number of hydrogen-bond donors (Lipinski definition) is 1. The van der Waals surface area contributed by atoms with Crippen molar-refractivity contribution in [2.45, 2.75) is 26.8 Å². The second-order valence-corrected chi connectivity index (χ2v) is 5.66. The first-order valence-corrected chi connectivity index (χ1v) is 7.94. The molecule has 0 bridgehead atoms. The minimum Gasteiger partial charge on any atom is -0.349 e. The number of nitrogens with one attached hydrogen (secondary N) is 1. The summed E-state index contributed by atoms with van der Waals surface area (Å²) in [4.78, 5) is 12.2. The molecule has 2 rings (SSSR count). The van der Waals surface area contributed by atoms with Gasteiger partial charge in [0, 0.05) is 43.1 Å². The fourth-order valence-corrected chi connectivity index (χ4v) is 3.02. The summed E-state index contributed by atoms with van der Waals surface area (Å²) in [6, 6.07) is 4.09. The zero-order chi connectivity index (χ0) is 14.2. The highest BCUT2D eigenvalue weighted by Gasteiger charge is 2.07. The van der Waals surface area contributed by atoms with E-state index >= 15 is 0 Å². The minimum absolute atomic E-state index is 0.888. The van der Waals surface area contributed by atoms with Gasteiger partial charge in [-0.3, -0.25) is 4.98 Å². The fourth-order valence-electron chi connectivity index (χ4n) is 2.01. The molecule has 20 heavy (non-hydrogen) atoms. The van der Waals surface area contributed by atoms with Crippen molar-refractivity contribution in [3.05, 3.63) is 41.2 Å². The predicted molar refractivity (Wildman–Crippen MR) is 85.3 cm³/mol. The highest BCUT2D eigenvalue weighted by Crippen LogP contribution is 2.21. The van der Waals surface area contributed by atoms with E-state index in [0.717, 1.165) is 37.7 Å². The van der Waals surface area contributed by atoms with Gasteiger partial charge in [-0.2, -0.15) is 0 Å². The van der Waals surface area contributed by atoms with Crippen LogP contribution in [0.1, 0.15) is 24.3 Å². The number of nitrogens with zero attached hydrogens (tertiary/aromatic N) is 3. The van der Waals surface area contributed by atoms with E-state index in [1.807, 2.05) is 24.7 Å². The lowest BCUT2D eigenvalue weighted by Gasteiger charge is -2.16. The molecule has 0 aliphatic rings. The van der Waals surface area contributed by atoms with Crippen LogP contribution in [-0.2, 0) is 13.0 Å². The average molecular weight is 290 g/mol. The molecule has 108 valence electrons. The number of anilines is 1. The molecule has 2 aromatic heterocycles. The predicted octanol–water partition coefficient (Wildman–Crippen LogP) is 2.72. The van der Waals surface area contributed by atoms with Gasteiger partial charge in [0.05, 0.1) is 0 Å². The molecule has 0 amide bonds. The lowest BCUT2D eigenvalue weighted by molar-refractivity contribution is 0.692. The Balaban J connectivity index is 1.74. The Kier molecular flexibility index (Phi) is 5.95. The summed E-state index contributed by atoms with van der Waals surface area (Å²) in [6.07, 6.45) is 6.72. The third-order valence-electron chi connectivity index (χ3n) is 3.19. The van der Waals surface area contributed by atoms with Gasteiger partial charge >= 0.3 is 0 Å². The number of pyridine rings is 1. The lowest BCUT2D eigenvalue weighted by Crippen LogP contribution is -2.21. The van der Waals surface area contributed by atoms with Crippen LogP contribution < -0.4 is 10.2 Å². The van der Waals surface area contributed by atoms with Crippen molar-refractivity contribution in [2.24, 2.45) is 0 Å². The van der Waals surface area contributed by atoms with Gasteiger partial charge in [-0.15, -0.1) is 11.3 Å². The van der Waals surface area contributed by atoms with Crippen LogP contribution in [-0.4, -0.2) is 29.6 Å². The van der Waals surface area contributed by atoms with Crippen molar-refractivity contribution in [2.75, 3.05) is 24.5 Å². The highest BCUT2D eigenvalue weighted by molar-refractivity contribution is 7.15. The van der Waals surface area contributed by atoms with Crippen LogP contribution in [0.3, 0.4) is 0 Å². The normalized spacial score (nSPS) is 10.7. The SMILES string of the molecule is CCN(CC)c1ncc(CNCCc2cccnc2)s1. The third kappa shape index (κ3) is 4.28. The number of rotatable bonds is 8. The van der Waals surface area contributed by atoms with Crippen molar-refractivity contribution < 1.29 is 0 Å². The van der Waals surface area contributed by atoms with Crippen molar-refractivity contribution in [1.82, 2.24) is 15.3 Å². The largest absolute Gasteiger partial charge is 0.349 e. The zero-order valence-electron chi connectivity index (χ0n) is 12.2. The zero-order valence-corrected chi connectivity index (χ0v) is 13.0. The molecule has 0 unspecified atom stereocenters. The standard InChI is InChI=1S/C15H22N4S/c1-3-19(4-2)15-18-12-14(20-15)11-17-9-7-13-6-5-8-16-10-13/h5-6,8,10,12,17H,3-4,7,9,11H2,1-2H3. The van der Waals surface area contributed by atoms with Crippen LogP contribution in [0.25, 0.3) is 0 Å². The summed E-state index contributed by atoms with van der Waals surface area (Å²) < 4.78 is 0. The molecular formula is C15H22N4S. The molecule has 0 fully saturated rings. The Morgan fingerprint density at radius 3 is 2.80 bits per heavy atom. The Bertz CT molecular complexity index is 494. The monoisotopic (exact) mass is 290 g/mol. The molecule has 5 heteroatoms. The first kappa shape index (κ1) is 14.9. The van der Waals surface area contributed by atoms with Gasteiger partial charge in [-0.25, -0.2) is 4.98 Å². The van der Waals surface area contributed by atoms with E-state index in [1.54, 1.807) is 11.3 Å². The van der Waals surface area contributed by atoms with Crippen LogP contribution in [0, 0.1) is 0 Å². The highest BCUT2D eigenvalue weighted by atomic mass is 32.1. The van der Waals surface area contributed by atoms with E-state index in [1.165, 1.54) is 10.4 Å². The van der Waals surface area contributed by atoms with Gasteiger partial charge in [-0.05, 0) is 38.4 Å². The Morgan fingerprint density at radius 2 is 2.10 bits per heavy atom. The topological polar surface area (TPSA) is 41.1 Å². The Labute approximate surface area is 124 Å². The Morgan fingerprint density at radius 1 is 1.25 bits per heavy atom. The number of thiazole rings is 1. The van der Waals surface area contributed by atoms with Crippen LogP contribution in [0.2, 0.25) is 0 Å². The minimum atomic E-state index is 0.888. The quantitative estimate of drug-likeness (QED) is 0.759. The van der Waals surface area contributed by atoms with E-state index in [-0.39, 0.29) is 0 Å². The van der Waals surface area contributed by atoms with Gasteiger partial charge in [0.2, 0.25) is 0 Å². The second kappa shape index (κ2) is 7.97. The smallest absolute Gasteiger partial charge is 0.185 e. The number of hydrogen-bond acceptors (Lipinski definition) is 5. The number of aromatic nitrogens is 2. The van der Waals surface area contributed by atoms with Crippen molar-refractivity contribution in [3.8, 4) is 0 Å². The van der Waals surface area contributed by atoms with Crippen LogP contribution >= 0.6 is 11.3 Å². The van der Waals surface area contributed by atoms with Gasteiger partial charge < -0.3 is 10.2 Å². The van der Waals surface area contributed by atoms with Crippen LogP contribution in [0.4, 0.5) is 5.13 Å². The van der Waals surface area contributed by atoms with E-state index in [4.69, 9.17) is 0 Å². The van der Waals surface area contributed by atoms with Crippen molar-refractivity contribution in [3.63, 3.8) is 0 Å². The molecule has 0 radical (unpaired) electrons. The molecule has 0 spiro atoms. The third-order valence-corrected chi connectivity index (χ3v) is 4.25. The van der Waals surface area contributed by atoms with E-state index in [0.29, 0.717) is 0 Å². The maximum atomic E-state index is 4.49. The Hall–Kier alpha value is -1.46. The van der Waals surface area contributed by atoms with E-state index < -0.39 is 0 Å². The average Bonchev–Trinajstić information content (AvgIpc) is 2.95. The van der Waals surface area contributed by atoms with Crippen molar-refractivity contribution >= 4 is 16.5 Å². The van der Waals surface area contributed by atoms with E-state index in [2.05, 4.69) is 40.1 Å². The molecule has 0 aliphatic carbocycles. The lowest BCUT2D eigenvalue weighted by atomic mass is 10.2. The molecule has 0 saturated heterocycles. The maximum Gasteiger partial charge on any atom is 0.185 e. The molecule has 0 atom stereocenters. The summed E-state index contributed by atoms with van der Waals surface area (Å²) in [5.41, 5.74) is 1.27. The van der Waals surface area contributed by atoms with Gasteiger partial charge in [0.15, 0.2) is 5.13 Å². The van der Waals surface area contributed by atoms with Gasteiger partial charge in [0.25, 0.3) is 0 Å². The van der Waals surface area contributed by atoms with Gasteiger partial charge in [-0.1, -0.05) is 6.07 Å². The second-order valence-electron chi connectivity index (χ2n) is 4.57. The van der Waals surface area contributed by atoms with Crippen LogP contribution in [0.5, 0.6) is 0 Å². The fraction of sp³-hybridized carbons (Fsp3) is 0.467. The first-order chi connectivity index (χ1) is 9.83. The molecule has 0 aromatic carbocycles. The van der Waals surface area contributed by atoms with Crippen LogP contribution in [0.15, 0.2) is 30.7 Å². The summed E-state index contributed by atoms with van der Waals surface area (Å²) in [7, 11) is 0. The first-order valence-electron chi connectivity index (χ1n) is 7.12. The molecule has 2 heterocycles. The molecule has 2 aromatic rings. The summed E-state index contributed by atoms with van der Waals surface area (Å²) in [6.45, 7) is 8.20. The van der Waals surface area contributed by atoms with E-state index in [9.17, 15) is 0 Å². The molecule has 0 saturated carbocycles. The summed E-state index contributed by atoms with van der Waals surface area (Å²) in [5.74, 6) is 0. The summed E-state index contributed by atoms with van der Waals surface area (Å²) in [5, 5.41) is 4.59. The van der Waals surface area contributed by atoms with Gasteiger partial charge in [0.1, 0.15) is 0 Å². The molecular weight excluding hydrogens is 268 g/mol. The summed E-state index contributed by atoms with van der Waals surface area (Å²) >= 11 is 1.78.